The molecule has 0 aliphatic carbocycles. The van der Waals surface area contributed by atoms with Gasteiger partial charge in [0.05, 0.1) is 5.25 Å². The highest BCUT2D eigenvalue weighted by molar-refractivity contribution is 8.01. The minimum Gasteiger partial charge on any atom is -0.354 e. The number of carbonyl (C=O) groups is 3. The second kappa shape index (κ2) is 7.67. The van der Waals surface area contributed by atoms with E-state index in [-0.39, 0.29) is 29.0 Å². The molecule has 5 nitrogen and oxygen atoms in total. The lowest BCUT2D eigenvalue weighted by Crippen LogP contribution is -2.34. The van der Waals surface area contributed by atoms with E-state index in [9.17, 15) is 14.4 Å². The van der Waals surface area contributed by atoms with Crippen LogP contribution in [0.25, 0.3) is 0 Å². The Hall–Kier alpha value is -1.04. The average Bonchev–Trinajstić information content (AvgIpc) is 2.54. The number of hydrogen-bond acceptors (Lipinski definition) is 4. The second-order valence-electron chi connectivity index (χ2n) is 5.59. The molecule has 1 rings (SSSR count). The molecule has 114 valence electrons. The third-order valence-corrected chi connectivity index (χ3v) is 4.12. The number of nitrogens with one attached hydrogen (secondary N) is 1. The third-order valence-electron chi connectivity index (χ3n) is 2.87. The van der Waals surface area contributed by atoms with Gasteiger partial charge in [-0.1, -0.05) is 13.8 Å². The molecule has 1 unspecified atom stereocenters. The molecule has 20 heavy (non-hydrogen) atoms. The Labute approximate surface area is 124 Å². The Morgan fingerprint density at radius 1 is 1.35 bits per heavy atom. The first-order valence-corrected chi connectivity index (χ1v) is 8.04. The SMILES string of the molecule is CC(C)NC(=O)CCCN1C(=O)CC(SC(C)C)C1=O. The van der Waals surface area contributed by atoms with Crippen LogP contribution in [0.3, 0.4) is 0 Å². The minimum atomic E-state index is -0.244. The molecule has 1 aliphatic heterocycles. The van der Waals surface area contributed by atoms with E-state index >= 15 is 0 Å². The lowest BCUT2D eigenvalue weighted by Gasteiger charge is -2.15. The molecule has 1 fully saturated rings. The maximum atomic E-state index is 12.1. The van der Waals surface area contributed by atoms with Crippen molar-refractivity contribution in [1.82, 2.24) is 10.2 Å². The molecule has 0 bridgehead atoms. The van der Waals surface area contributed by atoms with Gasteiger partial charge < -0.3 is 5.32 Å². The maximum Gasteiger partial charge on any atom is 0.242 e. The smallest absolute Gasteiger partial charge is 0.242 e. The van der Waals surface area contributed by atoms with Crippen LogP contribution in [0.5, 0.6) is 0 Å². The number of imide groups is 1. The van der Waals surface area contributed by atoms with E-state index in [0.717, 1.165) is 0 Å². The zero-order valence-electron chi connectivity index (χ0n) is 12.6. The first-order chi connectivity index (χ1) is 9.31. The van der Waals surface area contributed by atoms with Crippen molar-refractivity contribution in [2.75, 3.05) is 6.54 Å². The van der Waals surface area contributed by atoms with Crippen molar-refractivity contribution in [3.05, 3.63) is 0 Å². The quantitative estimate of drug-likeness (QED) is 0.725. The highest BCUT2D eigenvalue weighted by Gasteiger charge is 2.38. The van der Waals surface area contributed by atoms with Crippen LogP contribution in [0.15, 0.2) is 0 Å². The first-order valence-electron chi connectivity index (χ1n) is 7.10. The van der Waals surface area contributed by atoms with Crippen LogP contribution in [0.4, 0.5) is 0 Å². The predicted molar refractivity (Wildman–Crippen MR) is 80.4 cm³/mol. The molecule has 0 radical (unpaired) electrons. The Bertz CT molecular complexity index is 383. The summed E-state index contributed by atoms with van der Waals surface area (Å²) in [5.74, 6) is -0.248. The normalized spacial score (nSPS) is 19.3. The summed E-state index contributed by atoms with van der Waals surface area (Å²) in [7, 11) is 0. The van der Waals surface area contributed by atoms with Crippen molar-refractivity contribution in [3.63, 3.8) is 0 Å². The number of carbonyl (C=O) groups excluding carboxylic acids is 3. The highest BCUT2D eigenvalue weighted by Crippen LogP contribution is 2.28. The van der Waals surface area contributed by atoms with Gasteiger partial charge >= 0.3 is 0 Å². The standard InChI is InChI=1S/C14H24N2O3S/c1-9(2)15-12(17)6-5-7-16-13(18)8-11(14(16)19)20-10(3)4/h9-11H,5-8H2,1-4H3,(H,15,17). The number of thioether (sulfide) groups is 1. The lowest BCUT2D eigenvalue weighted by molar-refractivity contribution is -0.138. The summed E-state index contributed by atoms with van der Waals surface area (Å²) in [6, 6.07) is 0.115. The molecule has 1 heterocycles. The van der Waals surface area contributed by atoms with E-state index in [1.807, 2.05) is 27.7 Å². The Morgan fingerprint density at radius 2 is 2.00 bits per heavy atom. The van der Waals surface area contributed by atoms with Crippen molar-refractivity contribution >= 4 is 29.5 Å². The molecular weight excluding hydrogens is 276 g/mol. The molecular formula is C14H24N2O3S. The van der Waals surface area contributed by atoms with E-state index in [4.69, 9.17) is 0 Å². The fraction of sp³-hybridized carbons (Fsp3) is 0.786. The minimum absolute atomic E-state index is 0.0350. The molecule has 0 aromatic heterocycles. The summed E-state index contributed by atoms with van der Waals surface area (Å²) < 4.78 is 0. The lowest BCUT2D eigenvalue weighted by atomic mass is 10.2. The predicted octanol–water partition coefficient (Wildman–Crippen LogP) is 1.56. The zero-order chi connectivity index (χ0) is 15.3. The van der Waals surface area contributed by atoms with Gasteiger partial charge in [0.2, 0.25) is 17.7 Å². The van der Waals surface area contributed by atoms with E-state index in [2.05, 4.69) is 5.32 Å². The van der Waals surface area contributed by atoms with Crippen molar-refractivity contribution in [3.8, 4) is 0 Å². The van der Waals surface area contributed by atoms with Crippen LogP contribution in [0, 0.1) is 0 Å². The van der Waals surface area contributed by atoms with Gasteiger partial charge in [0.1, 0.15) is 0 Å². The summed E-state index contributed by atoms with van der Waals surface area (Å²) in [5, 5.41) is 2.88. The van der Waals surface area contributed by atoms with E-state index in [1.165, 1.54) is 16.7 Å². The van der Waals surface area contributed by atoms with Crippen LogP contribution < -0.4 is 5.32 Å². The number of likely N-dealkylation sites (tertiary alicyclic amines) is 1. The summed E-state index contributed by atoms with van der Waals surface area (Å²) in [6.45, 7) is 8.18. The molecule has 0 aromatic carbocycles. The number of rotatable bonds is 7. The van der Waals surface area contributed by atoms with Crippen LogP contribution in [-0.2, 0) is 14.4 Å². The summed E-state index contributed by atoms with van der Waals surface area (Å²) in [5.41, 5.74) is 0. The number of amides is 3. The Balaban J connectivity index is 2.38. The Morgan fingerprint density at radius 3 is 2.55 bits per heavy atom. The highest BCUT2D eigenvalue weighted by atomic mass is 32.2. The molecule has 1 atom stereocenters. The van der Waals surface area contributed by atoms with Gasteiger partial charge in [0.15, 0.2) is 0 Å². The van der Waals surface area contributed by atoms with Gasteiger partial charge in [-0.2, -0.15) is 0 Å². The summed E-state index contributed by atoms with van der Waals surface area (Å²) >= 11 is 1.53. The third kappa shape index (κ3) is 5.15. The molecule has 0 aromatic rings. The van der Waals surface area contributed by atoms with Crippen LogP contribution in [0.1, 0.15) is 47.0 Å². The van der Waals surface area contributed by atoms with Crippen molar-refractivity contribution in [2.24, 2.45) is 0 Å². The van der Waals surface area contributed by atoms with E-state index < -0.39 is 0 Å². The molecule has 0 saturated carbocycles. The van der Waals surface area contributed by atoms with E-state index in [0.29, 0.717) is 31.1 Å². The summed E-state index contributed by atoms with van der Waals surface area (Å²) in [6.07, 6.45) is 1.16. The molecule has 0 spiro atoms. The molecule has 6 heteroatoms. The van der Waals surface area contributed by atoms with Gasteiger partial charge in [0.25, 0.3) is 0 Å². The summed E-state index contributed by atoms with van der Waals surface area (Å²) in [4.78, 5) is 36.7. The molecule has 1 N–H and O–H groups in total. The zero-order valence-corrected chi connectivity index (χ0v) is 13.5. The average molecular weight is 300 g/mol. The van der Waals surface area contributed by atoms with Gasteiger partial charge in [-0.3, -0.25) is 19.3 Å². The molecule has 1 saturated heterocycles. The monoisotopic (exact) mass is 300 g/mol. The van der Waals surface area contributed by atoms with Crippen molar-refractivity contribution < 1.29 is 14.4 Å². The molecule has 3 amide bonds. The largest absolute Gasteiger partial charge is 0.354 e. The maximum absolute atomic E-state index is 12.1. The van der Waals surface area contributed by atoms with Crippen molar-refractivity contribution in [2.45, 2.75) is 63.5 Å². The van der Waals surface area contributed by atoms with Crippen LogP contribution in [0.2, 0.25) is 0 Å². The fourth-order valence-electron chi connectivity index (χ4n) is 2.11. The topological polar surface area (TPSA) is 66.5 Å². The van der Waals surface area contributed by atoms with Crippen LogP contribution in [-0.4, -0.2) is 45.7 Å². The Kier molecular flexibility index (Phi) is 6.52. The van der Waals surface area contributed by atoms with Gasteiger partial charge in [-0.15, -0.1) is 11.8 Å². The number of nitrogens with zero attached hydrogens (tertiary/aromatic N) is 1. The van der Waals surface area contributed by atoms with Gasteiger partial charge in [0, 0.05) is 25.4 Å². The molecule has 1 aliphatic rings. The first kappa shape index (κ1) is 17.0. The van der Waals surface area contributed by atoms with Gasteiger partial charge in [-0.05, 0) is 25.5 Å². The van der Waals surface area contributed by atoms with Crippen LogP contribution >= 0.6 is 11.8 Å². The fourth-order valence-corrected chi connectivity index (χ4v) is 3.25. The van der Waals surface area contributed by atoms with Crippen molar-refractivity contribution in [1.29, 1.82) is 0 Å². The van der Waals surface area contributed by atoms with Gasteiger partial charge in [-0.25, -0.2) is 0 Å². The van der Waals surface area contributed by atoms with E-state index in [1.54, 1.807) is 0 Å². The number of hydrogen-bond donors (Lipinski definition) is 1. The second-order valence-corrected chi connectivity index (χ2v) is 7.37.